The van der Waals surface area contributed by atoms with E-state index in [4.69, 9.17) is 22.6 Å². The average molecular weight is 597 g/mol. The van der Waals surface area contributed by atoms with Crippen LogP contribution in [0.2, 0.25) is 5.15 Å². The van der Waals surface area contributed by atoms with E-state index >= 15 is 0 Å². The molecule has 6 rings (SSSR count). The highest BCUT2D eigenvalue weighted by molar-refractivity contribution is 6.29. The van der Waals surface area contributed by atoms with E-state index in [1.54, 1.807) is 59.5 Å². The lowest BCUT2D eigenvalue weighted by Crippen LogP contribution is -2.52. The van der Waals surface area contributed by atoms with Crippen LogP contribution in [0.4, 0.5) is 11.5 Å². The summed E-state index contributed by atoms with van der Waals surface area (Å²) in [4.78, 5) is 57.9. The van der Waals surface area contributed by atoms with Crippen LogP contribution in [-0.2, 0) is 16.1 Å². The fourth-order valence-corrected chi connectivity index (χ4v) is 6.23. The van der Waals surface area contributed by atoms with Crippen LogP contribution in [0.3, 0.4) is 0 Å². The number of likely N-dealkylation sites (tertiary alicyclic amines) is 1. The molecule has 2 aromatic heterocycles. The van der Waals surface area contributed by atoms with Crippen molar-refractivity contribution < 1.29 is 19.2 Å². The Morgan fingerprint density at radius 2 is 1.86 bits per heavy atom. The van der Waals surface area contributed by atoms with E-state index in [9.17, 15) is 19.2 Å². The van der Waals surface area contributed by atoms with Gasteiger partial charge in [-0.1, -0.05) is 23.7 Å². The zero-order valence-electron chi connectivity index (χ0n) is 22.7. The first-order valence-corrected chi connectivity index (χ1v) is 14.0. The highest BCUT2D eigenvalue weighted by atomic mass is 35.5. The van der Waals surface area contributed by atoms with Crippen LogP contribution in [0.5, 0.6) is 0 Å². The number of carbonyl (C=O) groups excluding carboxylic acids is 4. The van der Waals surface area contributed by atoms with Gasteiger partial charge in [0.1, 0.15) is 23.6 Å². The quantitative estimate of drug-likeness (QED) is 0.274. The Labute approximate surface area is 250 Å². The zero-order valence-corrected chi connectivity index (χ0v) is 23.4. The number of nitriles is 1. The van der Waals surface area contributed by atoms with E-state index < -0.39 is 17.9 Å². The first-order chi connectivity index (χ1) is 20.7. The fourth-order valence-electron chi connectivity index (χ4n) is 6.07. The number of nitrogens with two attached hydrogens (primary N) is 1. The van der Waals surface area contributed by atoms with Crippen LogP contribution in [0, 0.1) is 17.2 Å². The van der Waals surface area contributed by atoms with Crippen LogP contribution in [0.1, 0.15) is 45.7 Å². The molecule has 1 saturated heterocycles. The summed E-state index contributed by atoms with van der Waals surface area (Å²) in [5.74, 6) is -1.57. The van der Waals surface area contributed by atoms with Crippen molar-refractivity contribution >= 4 is 57.6 Å². The molecule has 13 heteroatoms. The van der Waals surface area contributed by atoms with Gasteiger partial charge in [0, 0.05) is 22.7 Å². The van der Waals surface area contributed by atoms with E-state index in [0.717, 1.165) is 19.3 Å². The number of anilines is 2. The second-order valence-electron chi connectivity index (χ2n) is 10.6. The predicted octanol–water partition coefficient (Wildman–Crippen LogP) is 3.33. The Bertz CT molecular complexity index is 1850. The van der Waals surface area contributed by atoms with Gasteiger partial charge in [0.25, 0.3) is 11.8 Å². The van der Waals surface area contributed by atoms with Gasteiger partial charge in [-0.3, -0.25) is 23.9 Å². The van der Waals surface area contributed by atoms with E-state index in [1.807, 2.05) is 6.07 Å². The van der Waals surface area contributed by atoms with Crippen molar-refractivity contribution in [1.82, 2.24) is 19.7 Å². The molecule has 3 atom stereocenters. The maximum Gasteiger partial charge on any atom is 0.269 e. The SMILES string of the molecule is N#Cc1cccc(C(=O)Nc2ccc3c(c2)c(C(N)=O)nn3CC(=O)N2[C@@H]3CC[C@@H](C3)[C@H]2C(=O)Nc2cccc(Cl)n2)c1. The van der Waals surface area contributed by atoms with Gasteiger partial charge in [-0.25, -0.2) is 4.98 Å². The Balaban J connectivity index is 1.24. The predicted molar refractivity (Wildman–Crippen MR) is 157 cm³/mol. The van der Waals surface area contributed by atoms with Crippen LogP contribution >= 0.6 is 11.6 Å². The molecule has 2 bridgehead atoms. The highest BCUT2D eigenvalue weighted by Gasteiger charge is 2.51. The lowest BCUT2D eigenvalue weighted by atomic mass is 9.97. The molecule has 1 aliphatic heterocycles. The fraction of sp³-hybridized carbons (Fsp3) is 0.233. The molecule has 2 aliphatic rings. The summed E-state index contributed by atoms with van der Waals surface area (Å²) in [7, 11) is 0. The Hall–Kier alpha value is -5.28. The molecule has 1 saturated carbocycles. The number of fused-ring (bicyclic) bond motifs is 3. The Morgan fingerprint density at radius 1 is 1.05 bits per heavy atom. The minimum atomic E-state index is -0.798. The molecule has 0 spiro atoms. The molecular weight excluding hydrogens is 572 g/mol. The first kappa shape index (κ1) is 27.9. The van der Waals surface area contributed by atoms with Gasteiger partial charge < -0.3 is 21.3 Å². The smallest absolute Gasteiger partial charge is 0.269 e. The van der Waals surface area contributed by atoms with Crippen LogP contribution < -0.4 is 16.4 Å². The van der Waals surface area contributed by atoms with Gasteiger partial charge in [0.15, 0.2) is 5.69 Å². The molecule has 43 heavy (non-hydrogen) atoms. The van der Waals surface area contributed by atoms with Crippen LogP contribution in [-0.4, -0.2) is 55.4 Å². The lowest BCUT2D eigenvalue weighted by molar-refractivity contribution is -0.141. The molecule has 0 unspecified atom stereocenters. The van der Waals surface area contributed by atoms with Crippen molar-refractivity contribution in [3.63, 3.8) is 0 Å². The van der Waals surface area contributed by atoms with E-state index in [-0.39, 0.29) is 41.2 Å². The van der Waals surface area contributed by atoms with Crippen LogP contribution in [0.25, 0.3) is 10.9 Å². The number of rotatable bonds is 7. The van der Waals surface area contributed by atoms with Gasteiger partial charge in [-0.2, -0.15) is 10.4 Å². The third kappa shape index (κ3) is 5.38. The Morgan fingerprint density at radius 3 is 2.63 bits per heavy atom. The largest absolute Gasteiger partial charge is 0.364 e. The third-order valence-electron chi connectivity index (χ3n) is 7.89. The van der Waals surface area contributed by atoms with E-state index in [0.29, 0.717) is 33.5 Å². The number of hydrogen-bond acceptors (Lipinski definition) is 7. The second kappa shape index (κ2) is 11.2. The monoisotopic (exact) mass is 596 g/mol. The molecule has 1 aliphatic carbocycles. The topological polar surface area (TPSA) is 176 Å². The molecule has 12 nitrogen and oxygen atoms in total. The van der Waals surface area contributed by atoms with Crippen molar-refractivity contribution in [3.8, 4) is 6.07 Å². The summed E-state index contributed by atoms with van der Waals surface area (Å²) >= 11 is 5.97. The van der Waals surface area contributed by atoms with E-state index in [1.165, 1.54) is 10.7 Å². The molecule has 4 aromatic rings. The number of benzene rings is 2. The molecule has 2 fully saturated rings. The molecule has 3 heterocycles. The first-order valence-electron chi connectivity index (χ1n) is 13.6. The molecular formula is C30H25ClN8O4. The number of halogens is 1. The number of pyridine rings is 1. The molecule has 4 N–H and O–H groups in total. The standard InChI is InChI=1S/C30H25ClN8O4/c31-23-5-2-6-24(35-23)36-30(43)27-17-7-9-20(12-17)39(27)25(40)15-38-22-10-8-19(13-21(22)26(37-38)28(33)41)34-29(42)18-4-1-3-16(11-18)14-32/h1-6,8,10-11,13,17,20,27H,7,9,12,15H2,(H2,33,41)(H,34,42)(H,35,36,43)/t17-,20+,27-/m0/s1. The third-order valence-corrected chi connectivity index (χ3v) is 8.10. The van der Waals surface area contributed by atoms with Gasteiger partial charge >= 0.3 is 0 Å². The number of hydrogen-bond donors (Lipinski definition) is 3. The summed E-state index contributed by atoms with van der Waals surface area (Å²) in [5.41, 5.74) is 7.03. The van der Waals surface area contributed by atoms with Gasteiger partial charge in [-0.05, 0) is 73.7 Å². The maximum absolute atomic E-state index is 13.7. The summed E-state index contributed by atoms with van der Waals surface area (Å²) in [5, 5.41) is 19.6. The minimum absolute atomic E-state index is 0.0173. The maximum atomic E-state index is 13.7. The number of aromatic nitrogens is 3. The average Bonchev–Trinajstić information content (AvgIpc) is 3.71. The Kier molecular flexibility index (Phi) is 7.25. The summed E-state index contributed by atoms with van der Waals surface area (Å²) < 4.78 is 1.39. The van der Waals surface area contributed by atoms with E-state index in [2.05, 4.69) is 20.7 Å². The van der Waals surface area contributed by atoms with Gasteiger partial charge in [0.2, 0.25) is 11.8 Å². The highest BCUT2D eigenvalue weighted by Crippen LogP contribution is 2.43. The summed E-state index contributed by atoms with van der Waals surface area (Å²) in [6.07, 6.45) is 2.35. The normalized spacial score (nSPS) is 18.8. The van der Waals surface area contributed by atoms with Crippen molar-refractivity contribution in [2.24, 2.45) is 11.7 Å². The molecule has 0 radical (unpaired) electrons. The second-order valence-corrected chi connectivity index (χ2v) is 10.9. The minimum Gasteiger partial charge on any atom is -0.364 e. The number of nitrogens with one attached hydrogen (secondary N) is 2. The number of piperidine rings is 1. The number of carbonyl (C=O) groups is 4. The van der Waals surface area contributed by atoms with Crippen molar-refractivity contribution in [1.29, 1.82) is 5.26 Å². The van der Waals surface area contributed by atoms with Crippen molar-refractivity contribution in [2.45, 2.75) is 37.9 Å². The van der Waals surface area contributed by atoms with Crippen LogP contribution in [0.15, 0.2) is 60.7 Å². The van der Waals surface area contributed by atoms with Gasteiger partial charge in [-0.15, -0.1) is 0 Å². The zero-order chi connectivity index (χ0) is 30.2. The number of amides is 4. The van der Waals surface area contributed by atoms with Gasteiger partial charge in [0.05, 0.1) is 17.1 Å². The van der Waals surface area contributed by atoms with Crippen molar-refractivity contribution in [3.05, 3.63) is 82.6 Å². The summed E-state index contributed by atoms with van der Waals surface area (Å²) in [6.45, 7) is -0.223. The molecule has 2 aromatic carbocycles. The lowest BCUT2D eigenvalue weighted by Gasteiger charge is -2.34. The number of primary amides is 1. The molecule has 4 amide bonds. The molecule has 216 valence electrons. The van der Waals surface area contributed by atoms with Crippen molar-refractivity contribution in [2.75, 3.05) is 10.6 Å². The summed E-state index contributed by atoms with van der Waals surface area (Å²) in [6, 6.07) is 17.2. The number of nitrogens with zero attached hydrogens (tertiary/aromatic N) is 5.